The third kappa shape index (κ3) is 28.6. The number of rotatable bonds is 46. The number of aliphatic hydroxyl groups is 9. The van der Waals surface area contributed by atoms with Gasteiger partial charge in [-0.05, 0) is 12.8 Å². The van der Waals surface area contributed by atoms with Crippen molar-refractivity contribution in [1.29, 1.82) is 0 Å². The van der Waals surface area contributed by atoms with Gasteiger partial charge >= 0.3 is 0 Å². The molecule has 2 saturated heterocycles. The lowest BCUT2D eigenvalue weighted by molar-refractivity contribution is -0.348. The van der Waals surface area contributed by atoms with Crippen molar-refractivity contribution in [2.24, 2.45) is 0 Å². The second-order valence-corrected chi connectivity index (χ2v) is 21.4. The smallest absolute Gasteiger partial charge is 0.249 e. The average molecular weight is 1050 g/mol. The summed E-state index contributed by atoms with van der Waals surface area (Å²) in [6, 6.07) is -2.72. The van der Waals surface area contributed by atoms with E-state index >= 15 is 0 Å². The summed E-state index contributed by atoms with van der Waals surface area (Å²) in [7, 11) is 0. The quantitative estimate of drug-likeness (QED) is 0.0285. The highest BCUT2D eigenvalue weighted by atomic mass is 16.7. The number of ether oxygens (including phenoxy) is 4. The highest BCUT2D eigenvalue weighted by Gasteiger charge is 2.51. The Kier molecular flexibility index (Phi) is 39.3. The minimum absolute atomic E-state index is 0.195. The predicted molar refractivity (Wildman–Crippen MR) is 282 cm³/mol. The van der Waals surface area contributed by atoms with E-state index in [-0.39, 0.29) is 12.8 Å². The van der Waals surface area contributed by atoms with Crippen molar-refractivity contribution in [2.75, 3.05) is 19.8 Å². The zero-order valence-electron chi connectivity index (χ0n) is 45.7. The second-order valence-electron chi connectivity index (χ2n) is 21.4. The lowest BCUT2D eigenvalue weighted by Gasteiger charge is -2.47. The van der Waals surface area contributed by atoms with E-state index in [0.717, 1.165) is 58.3 Å². The summed E-state index contributed by atoms with van der Waals surface area (Å²) >= 11 is 0. The van der Waals surface area contributed by atoms with Crippen LogP contribution in [0.3, 0.4) is 0 Å². The molecular formula is C56H108N2O15. The molecule has 0 unspecified atom stereocenters. The molecule has 2 heterocycles. The van der Waals surface area contributed by atoms with E-state index < -0.39 is 117 Å². The minimum atomic E-state index is -1.85. The minimum Gasteiger partial charge on any atom is -0.394 e. The van der Waals surface area contributed by atoms with Crippen LogP contribution in [-0.2, 0) is 28.5 Å². The van der Waals surface area contributed by atoms with Crippen LogP contribution in [0.4, 0.5) is 0 Å². The largest absolute Gasteiger partial charge is 0.394 e. The van der Waals surface area contributed by atoms with Crippen LogP contribution >= 0.6 is 0 Å². The van der Waals surface area contributed by atoms with Crippen molar-refractivity contribution in [3.05, 3.63) is 0 Å². The van der Waals surface area contributed by atoms with E-state index in [0.29, 0.717) is 12.8 Å². The molecular weight excluding hydrogens is 941 g/mol. The molecule has 0 radical (unpaired) electrons. The van der Waals surface area contributed by atoms with Crippen LogP contribution in [0.15, 0.2) is 0 Å². The molecule has 17 nitrogen and oxygen atoms in total. The van der Waals surface area contributed by atoms with Gasteiger partial charge in [-0.15, -0.1) is 0 Å². The molecule has 0 bridgehead atoms. The van der Waals surface area contributed by atoms with Crippen LogP contribution in [0.1, 0.15) is 239 Å². The summed E-state index contributed by atoms with van der Waals surface area (Å²) in [4.78, 5) is 25.5. The number of hydrogen-bond acceptors (Lipinski definition) is 15. The first-order valence-electron chi connectivity index (χ1n) is 29.4. The fourth-order valence-corrected chi connectivity index (χ4v) is 10.2. The van der Waals surface area contributed by atoms with Crippen molar-refractivity contribution >= 4 is 11.8 Å². The lowest BCUT2D eigenvalue weighted by atomic mass is 9.95. The van der Waals surface area contributed by atoms with Crippen LogP contribution in [0.5, 0.6) is 0 Å². The maximum absolute atomic E-state index is 13.5. The van der Waals surface area contributed by atoms with Gasteiger partial charge in [0.15, 0.2) is 12.6 Å². The maximum atomic E-state index is 13.5. The molecule has 0 spiro atoms. The predicted octanol–water partition coefficient (Wildman–Crippen LogP) is 6.64. The topological polar surface area (TPSA) is 277 Å². The Morgan fingerprint density at radius 1 is 0.507 bits per heavy atom. The van der Waals surface area contributed by atoms with Gasteiger partial charge < -0.3 is 75.5 Å². The molecule has 2 fully saturated rings. The van der Waals surface area contributed by atoms with Crippen molar-refractivity contribution in [3.8, 4) is 0 Å². The van der Waals surface area contributed by atoms with E-state index in [9.17, 15) is 55.5 Å². The molecule has 432 valence electrons. The first-order chi connectivity index (χ1) is 35.3. The van der Waals surface area contributed by atoms with Gasteiger partial charge in [0.1, 0.15) is 61.0 Å². The molecule has 2 aliphatic heterocycles. The second kappa shape index (κ2) is 42.4. The van der Waals surface area contributed by atoms with Gasteiger partial charge in [-0.2, -0.15) is 0 Å². The van der Waals surface area contributed by atoms with Gasteiger partial charge in [0.25, 0.3) is 0 Å². The van der Waals surface area contributed by atoms with E-state index in [2.05, 4.69) is 24.5 Å². The lowest BCUT2D eigenvalue weighted by Crippen LogP contribution is -2.68. The van der Waals surface area contributed by atoms with E-state index in [1.165, 1.54) is 141 Å². The summed E-state index contributed by atoms with van der Waals surface area (Å²) in [5.41, 5.74) is 0. The van der Waals surface area contributed by atoms with Crippen LogP contribution in [-0.4, -0.2) is 163 Å². The van der Waals surface area contributed by atoms with Crippen molar-refractivity contribution < 1.29 is 74.5 Å². The van der Waals surface area contributed by atoms with Crippen molar-refractivity contribution in [1.82, 2.24) is 10.6 Å². The first kappa shape index (κ1) is 67.5. The number of hydrogen-bond donors (Lipinski definition) is 11. The molecule has 0 aromatic carbocycles. The Bertz CT molecular complexity index is 1340. The monoisotopic (exact) mass is 1050 g/mol. The Balaban J connectivity index is 1.94. The average Bonchev–Trinajstić information content (AvgIpc) is 3.37. The van der Waals surface area contributed by atoms with E-state index in [1.807, 2.05) is 0 Å². The summed E-state index contributed by atoms with van der Waals surface area (Å²) in [5, 5.41) is 103. The van der Waals surface area contributed by atoms with Crippen LogP contribution < -0.4 is 10.6 Å². The molecule has 2 rings (SSSR count). The van der Waals surface area contributed by atoms with Gasteiger partial charge in [0.05, 0.1) is 32.0 Å². The van der Waals surface area contributed by atoms with E-state index in [4.69, 9.17) is 18.9 Å². The zero-order chi connectivity index (χ0) is 53.6. The maximum Gasteiger partial charge on any atom is 0.249 e. The number of unbranched alkanes of at least 4 members (excludes halogenated alkanes) is 30. The Morgan fingerprint density at radius 2 is 0.890 bits per heavy atom. The molecule has 11 N–H and O–H groups in total. The first-order valence-corrected chi connectivity index (χ1v) is 29.4. The van der Waals surface area contributed by atoms with Gasteiger partial charge in [0.2, 0.25) is 11.8 Å². The summed E-state index contributed by atoms with van der Waals surface area (Å²) in [6.45, 7) is 3.56. The van der Waals surface area contributed by atoms with Crippen molar-refractivity contribution in [3.63, 3.8) is 0 Å². The number of carbonyl (C=O) groups is 2. The van der Waals surface area contributed by atoms with Gasteiger partial charge in [-0.25, -0.2) is 0 Å². The Morgan fingerprint density at radius 3 is 1.30 bits per heavy atom. The highest BCUT2D eigenvalue weighted by Crippen LogP contribution is 2.30. The van der Waals surface area contributed by atoms with Crippen LogP contribution in [0.2, 0.25) is 0 Å². The van der Waals surface area contributed by atoms with Crippen LogP contribution in [0.25, 0.3) is 0 Å². The molecule has 0 aromatic heterocycles. The third-order valence-corrected chi connectivity index (χ3v) is 14.9. The van der Waals surface area contributed by atoms with Crippen molar-refractivity contribution in [2.45, 2.75) is 325 Å². The van der Waals surface area contributed by atoms with E-state index in [1.54, 1.807) is 0 Å². The summed E-state index contributed by atoms with van der Waals surface area (Å²) in [5.74, 6) is -1.40. The fourth-order valence-electron chi connectivity index (χ4n) is 10.2. The molecule has 17 heteroatoms. The van der Waals surface area contributed by atoms with Crippen LogP contribution in [0, 0.1) is 0 Å². The number of carbonyl (C=O) groups excluding carboxylic acids is 2. The van der Waals surface area contributed by atoms with Gasteiger partial charge in [-0.3, -0.25) is 9.59 Å². The molecule has 14 atom stereocenters. The normalized spacial score (nSPS) is 26.1. The number of nitrogens with one attached hydrogen (secondary N) is 2. The number of aliphatic hydroxyl groups excluding tert-OH is 9. The zero-order valence-corrected chi connectivity index (χ0v) is 45.7. The standard InChI is InChI=1S/C56H108N2O15/c1-4-6-8-10-12-14-16-18-19-20-21-22-23-25-27-29-31-33-35-37-44(63)54(69)58-42(48(64)43(62)36-34-32-30-28-26-24-17-15-13-11-9-7-5-2)40-70-56-52(68)53(50(66)46(39-60)72-56)73-55-47(57-41(3)61)51(67)49(65)45(38-59)71-55/h42-53,55-56,59-60,62-68H,4-40H2,1-3H3,(H,57,61)(H,58,69)/t42-,43+,44+,45+,46+,47+,48-,49-,50-,51+,52+,53-,55+,56-/m0/s1. The number of amides is 2. The van der Waals surface area contributed by atoms with Gasteiger partial charge in [0, 0.05) is 6.92 Å². The summed E-state index contributed by atoms with van der Waals surface area (Å²) < 4.78 is 23.2. The molecule has 2 amide bonds. The molecule has 0 saturated carbocycles. The molecule has 73 heavy (non-hydrogen) atoms. The summed E-state index contributed by atoms with van der Waals surface area (Å²) in [6.07, 6.45) is 19.9. The highest BCUT2D eigenvalue weighted by molar-refractivity contribution is 5.80. The SMILES string of the molecule is CCCCCCCCCCCCCCCCCCCCC[C@@H](O)C(=O)N[C@@H](CO[C@H]1O[C@H](CO)[C@H](O)[C@H](O[C@H]2O[C@H](CO)[C@H](O)[C@H](O)[C@H]2NC(C)=O)[C@H]1O)[C@H](O)[C@H](O)CCCCCCCCCCCCCCC. The molecule has 0 aliphatic carbocycles. The van der Waals surface area contributed by atoms with Gasteiger partial charge in [-0.1, -0.05) is 219 Å². The fraction of sp³-hybridized carbons (Fsp3) is 0.964. The molecule has 0 aromatic rings. The molecule has 2 aliphatic rings. The Hall–Kier alpha value is -1.58. The Labute approximate surface area is 440 Å². The third-order valence-electron chi connectivity index (χ3n) is 14.9.